The second-order valence-electron chi connectivity index (χ2n) is 8.48. The number of nitrogens with zero attached hydrogens (tertiary/aromatic N) is 2. The van der Waals surface area contributed by atoms with Crippen LogP contribution in [0.3, 0.4) is 0 Å². The molecule has 1 heterocycles. The summed E-state index contributed by atoms with van der Waals surface area (Å²) in [6.45, 7) is 14.6. The molecule has 0 unspecified atom stereocenters. The summed E-state index contributed by atoms with van der Waals surface area (Å²) in [5.74, 6) is 0.737. The van der Waals surface area contributed by atoms with Crippen molar-refractivity contribution >= 4 is 0 Å². The van der Waals surface area contributed by atoms with Crippen LogP contribution in [0.4, 0.5) is 0 Å². The average Bonchev–Trinajstić information content (AvgIpc) is 2.58. The summed E-state index contributed by atoms with van der Waals surface area (Å²) in [4.78, 5) is 7.04. The first-order valence-electron chi connectivity index (χ1n) is 9.56. The van der Waals surface area contributed by atoms with E-state index in [4.69, 9.17) is 0 Å². The van der Waals surface area contributed by atoms with Crippen LogP contribution in [0.2, 0.25) is 0 Å². The molecule has 2 rings (SSSR count). The van der Waals surface area contributed by atoms with E-state index in [2.05, 4.69) is 80.9 Å². The molecule has 0 N–H and O–H groups in total. The minimum absolute atomic E-state index is 0.217. The molecule has 0 aliphatic heterocycles. The Labute approximate surface area is 154 Å². The van der Waals surface area contributed by atoms with Crippen LogP contribution < -0.4 is 0 Å². The number of hydrogen-bond acceptors (Lipinski definition) is 2. The second kappa shape index (κ2) is 9.15. The van der Waals surface area contributed by atoms with Crippen molar-refractivity contribution in [1.82, 2.24) is 9.88 Å². The summed E-state index contributed by atoms with van der Waals surface area (Å²) < 4.78 is 0. The summed E-state index contributed by atoms with van der Waals surface area (Å²) in [5.41, 5.74) is 4.20. The van der Waals surface area contributed by atoms with Crippen LogP contribution in [0.15, 0.2) is 48.7 Å². The second-order valence-corrected chi connectivity index (χ2v) is 8.48. The maximum absolute atomic E-state index is 4.46. The molecule has 2 heteroatoms. The van der Waals surface area contributed by atoms with Crippen LogP contribution in [-0.2, 0) is 18.4 Å². The van der Waals surface area contributed by atoms with E-state index >= 15 is 0 Å². The normalized spacial score (nSPS) is 12.1. The Balaban J connectivity index is 1.99. The predicted molar refractivity (Wildman–Crippen MR) is 108 cm³/mol. The summed E-state index contributed by atoms with van der Waals surface area (Å²) >= 11 is 0. The van der Waals surface area contributed by atoms with Crippen molar-refractivity contribution in [2.45, 2.75) is 59.4 Å². The molecule has 0 spiro atoms. The van der Waals surface area contributed by atoms with Crippen LogP contribution in [0, 0.1) is 5.92 Å². The molecule has 1 aromatic carbocycles. The fraction of sp³-hybridized carbons (Fsp3) is 0.522. The monoisotopic (exact) mass is 338 g/mol. The fourth-order valence-corrected chi connectivity index (χ4v) is 2.90. The molecule has 0 aliphatic rings. The van der Waals surface area contributed by atoms with E-state index in [1.807, 2.05) is 12.3 Å². The SMILES string of the molecule is CC(C)CCN(CCc1ccccn1)Cc1ccc(C(C)(C)C)cc1. The van der Waals surface area contributed by atoms with E-state index in [0.29, 0.717) is 0 Å². The van der Waals surface area contributed by atoms with Crippen molar-refractivity contribution in [3.05, 3.63) is 65.5 Å². The molecule has 0 saturated carbocycles. The lowest BCUT2D eigenvalue weighted by molar-refractivity contribution is 0.251. The van der Waals surface area contributed by atoms with Gasteiger partial charge in [-0.3, -0.25) is 9.88 Å². The third-order valence-corrected chi connectivity index (χ3v) is 4.66. The maximum Gasteiger partial charge on any atom is 0.0416 e. The number of benzene rings is 1. The van der Waals surface area contributed by atoms with Gasteiger partial charge in [0.25, 0.3) is 0 Å². The Morgan fingerprint density at radius 3 is 2.24 bits per heavy atom. The predicted octanol–water partition coefficient (Wildman–Crippen LogP) is 5.47. The zero-order valence-corrected chi connectivity index (χ0v) is 16.6. The van der Waals surface area contributed by atoms with Gasteiger partial charge in [0, 0.05) is 31.4 Å². The highest BCUT2D eigenvalue weighted by molar-refractivity contribution is 5.27. The highest BCUT2D eigenvalue weighted by Crippen LogP contribution is 2.22. The first-order valence-corrected chi connectivity index (χ1v) is 9.56. The molecular weight excluding hydrogens is 304 g/mol. The van der Waals surface area contributed by atoms with Crippen molar-refractivity contribution in [2.24, 2.45) is 5.92 Å². The molecule has 0 aliphatic carbocycles. The van der Waals surface area contributed by atoms with E-state index in [1.54, 1.807) is 0 Å². The Bertz CT molecular complexity index is 609. The molecule has 25 heavy (non-hydrogen) atoms. The number of hydrogen-bond donors (Lipinski definition) is 0. The van der Waals surface area contributed by atoms with E-state index in [0.717, 1.165) is 32.0 Å². The summed E-state index contributed by atoms with van der Waals surface area (Å²) in [7, 11) is 0. The quantitative estimate of drug-likeness (QED) is 0.634. The first kappa shape index (κ1) is 19.7. The third-order valence-electron chi connectivity index (χ3n) is 4.66. The molecule has 0 atom stereocenters. The lowest BCUT2D eigenvalue weighted by Crippen LogP contribution is -2.28. The van der Waals surface area contributed by atoms with Gasteiger partial charge in [-0.1, -0.05) is 65.0 Å². The van der Waals surface area contributed by atoms with Gasteiger partial charge >= 0.3 is 0 Å². The van der Waals surface area contributed by atoms with Crippen LogP contribution in [0.1, 0.15) is 57.9 Å². The van der Waals surface area contributed by atoms with Gasteiger partial charge < -0.3 is 0 Å². The first-order chi connectivity index (χ1) is 11.8. The lowest BCUT2D eigenvalue weighted by Gasteiger charge is -2.24. The summed E-state index contributed by atoms with van der Waals surface area (Å²) in [6, 6.07) is 15.3. The summed E-state index contributed by atoms with van der Waals surface area (Å²) in [5, 5.41) is 0. The van der Waals surface area contributed by atoms with E-state index < -0.39 is 0 Å². The smallest absolute Gasteiger partial charge is 0.0416 e. The zero-order valence-electron chi connectivity index (χ0n) is 16.6. The van der Waals surface area contributed by atoms with E-state index in [1.165, 1.54) is 23.2 Å². The Morgan fingerprint density at radius 2 is 1.68 bits per heavy atom. The molecule has 0 saturated heterocycles. The van der Waals surface area contributed by atoms with Crippen molar-refractivity contribution < 1.29 is 0 Å². The van der Waals surface area contributed by atoms with Crippen LogP contribution in [0.25, 0.3) is 0 Å². The molecule has 0 bridgehead atoms. The molecular formula is C23H34N2. The van der Waals surface area contributed by atoms with Crippen molar-refractivity contribution in [3.63, 3.8) is 0 Å². The Kier molecular flexibility index (Phi) is 7.19. The average molecular weight is 339 g/mol. The lowest BCUT2D eigenvalue weighted by atomic mass is 9.87. The van der Waals surface area contributed by atoms with Gasteiger partial charge in [0.05, 0.1) is 0 Å². The van der Waals surface area contributed by atoms with Gasteiger partial charge in [0.2, 0.25) is 0 Å². The third kappa shape index (κ3) is 6.99. The molecule has 1 aromatic heterocycles. The molecule has 0 fully saturated rings. The van der Waals surface area contributed by atoms with E-state index in [-0.39, 0.29) is 5.41 Å². The fourth-order valence-electron chi connectivity index (χ4n) is 2.90. The number of rotatable bonds is 8. The topological polar surface area (TPSA) is 16.1 Å². The van der Waals surface area contributed by atoms with Gasteiger partial charge in [-0.05, 0) is 47.6 Å². The van der Waals surface area contributed by atoms with Crippen LogP contribution >= 0.6 is 0 Å². The molecule has 2 aromatic rings. The van der Waals surface area contributed by atoms with Crippen LogP contribution in [-0.4, -0.2) is 23.0 Å². The maximum atomic E-state index is 4.46. The van der Waals surface area contributed by atoms with Crippen LogP contribution in [0.5, 0.6) is 0 Å². The molecule has 2 nitrogen and oxygen atoms in total. The highest BCUT2D eigenvalue weighted by Gasteiger charge is 2.14. The highest BCUT2D eigenvalue weighted by atomic mass is 15.1. The van der Waals surface area contributed by atoms with Crippen molar-refractivity contribution in [3.8, 4) is 0 Å². The Hall–Kier alpha value is -1.67. The van der Waals surface area contributed by atoms with Gasteiger partial charge in [-0.2, -0.15) is 0 Å². The van der Waals surface area contributed by atoms with Gasteiger partial charge in [-0.25, -0.2) is 0 Å². The van der Waals surface area contributed by atoms with Gasteiger partial charge in [0.15, 0.2) is 0 Å². The molecule has 136 valence electrons. The minimum Gasteiger partial charge on any atom is -0.299 e. The summed E-state index contributed by atoms with van der Waals surface area (Å²) in [6.07, 6.45) is 4.14. The largest absolute Gasteiger partial charge is 0.299 e. The van der Waals surface area contributed by atoms with Gasteiger partial charge in [-0.15, -0.1) is 0 Å². The van der Waals surface area contributed by atoms with E-state index in [9.17, 15) is 0 Å². The minimum atomic E-state index is 0.217. The number of pyridine rings is 1. The van der Waals surface area contributed by atoms with Crippen molar-refractivity contribution in [2.75, 3.05) is 13.1 Å². The zero-order chi connectivity index (χ0) is 18.3. The number of aromatic nitrogens is 1. The van der Waals surface area contributed by atoms with Crippen molar-refractivity contribution in [1.29, 1.82) is 0 Å². The molecule has 0 radical (unpaired) electrons. The van der Waals surface area contributed by atoms with Gasteiger partial charge in [0.1, 0.15) is 0 Å². The molecule has 0 amide bonds. The Morgan fingerprint density at radius 1 is 0.960 bits per heavy atom. The standard InChI is InChI=1S/C23H34N2/c1-19(2)13-16-25(17-14-22-8-6-7-15-24-22)18-20-9-11-21(12-10-20)23(3,4)5/h6-12,15,19H,13-14,16-18H2,1-5H3.